The molecule has 0 atom stereocenters. The van der Waals surface area contributed by atoms with Crippen molar-refractivity contribution in [1.82, 2.24) is 9.80 Å². The molecule has 2 N–H and O–H groups in total. The number of rotatable bonds is 0. The quantitative estimate of drug-likeness (QED) is 0.626. The van der Waals surface area contributed by atoms with Gasteiger partial charge in [-0.25, -0.2) is 0 Å². The van der Waals surface area contributed by atoms with Crippen molar-refractivity contribution in [1.29, 1.82) is 0 Å². The van der Waals surface area contributed by atoms with Gasteiger partial charge in [0, 0.05) is 43.9 Å². The van der Waals surface area contributed by atoms with Gasteiger partial charge in [-0.15, -0.1) is 0 Å². The van der Waals surface area contributed by atoms with Gasteiger partial charge in [-0.2, -0.15) is 0 Å². The second-order valence-electron chi connectivity index (χ2n) is 4.29. The molecule has 22 heavy (non-hydrogen) atoms. The molecule has 0 fully saturated rings. The maximum Gasteiger partial charge on any atom is 0.300 e. The smallest absolute Gasteiger partial charge is 0.300 e. The highest BCUT2D eigenvalue weighted by Crippen LogP contribution is 2.00. The molecular weight excluding hydrogens is 399 g/mol. The Morgan fingerprint density at radius 1 is 0.955 bits per heavy atom. The number of nitrogens with zero attached hydrogens (tertiary/aromatic N) is 2. The highest BCUT2D eigenvalue weighted by Gasteiger charge is 1.99. The first-order valence-corrected chi connectivity index (χ1v) is 7.41. The van der Waals surface area contributed by atoms with E-state index in [1.54, 1.807) is 0 Å². The Hall–Kier alpha value is -1.77. The van der Waals surface area contributed by atoms with E-state index in [0.717, 1.165) is 20.5 Å². The summed E-state index contributed by atoms with van der Waals surface area (Å²) in [6.45, 7) is 3.19. The minimum atomic E-state index is -0.833. The lowest BCUT2D eigenvalue weighted by atomic mass is 10.4. The van der Waals surface area contributed by atoms with Crippen LogP contribution in [0.15, 0.2) is 42.7 Å². The van der Waals surface area contributed by atoms with E-state index in [2.05, 4.69) is 71.0 Å². The Kier molecular flexibility index (Phi) is 14.5. The first-order chi connectivity index (χ1) is 10.1. The summed E-state index contributed by atoms with van der Waals surface area (Å²) in [5.41, 5.74) is 0. The summed E-state index contributed by atoms with van der Waals surface area (Å²) in [4.78, 5) is 22.2. The minimum absolute atomic E-state index is 0.833. The van der Waals surface area contributed by atoms with Gasteiger partial charge in [-0.1, -0.05) is 18.2 Å². The van der Waals surface area contributed by atoms with E-state index in [-0.39, 0.29) is 0 Å². The van der Waals surface area contributed by atoms with E-state index in [9.17, 15) is 0 Å². The van der Waals surface area contributed by atoms with Gasteiger partial charge in [-0.3, -0.25) is 9.59 Å². The molecule has 2 rings (SSSR count). The molecule has 6 nitrogen and oxygen atoms in total. The normalized spacial score (nSPS) is 11.1. The lowest BCUT2D eigenvalue weighted by molar-refractivity contribution is -0.135. The number of carbonyl (C=O) groups is 2. The first kappa shape index (κ1) is 22.5. The molecule has 1 aromatic rings. The lowest BCUT2D eigenvalue weighted by Crippen LogP contribution is -2.17. The predicted octanol–water partition coefficient (Wildman–Crippen LogP) is 2.77. The molecule has 1 aliphatic rings. The zero-order chi connectivity index (χ0) is 17.5. The van der Waals surface area contributed by atoms with Crippen LogP contribution in [0.1, 0.15) is 13.8 Å². The summed E-state index contributed by atoms with van der Waals surface area (Å²) in [5.74, 6) is -1.67. The largest absolute Gasteiger partial charge is 0.481 e. The molecule has 0 aliphatic carbocycles. The van der Waals surface area contributed by atoms with Gasteiger partial charge in [-0.05, 0) is 34.7 Å². The molecule has 0 radical (unpaired) electrons. The summed E-state index contributed by atoms with van der Waals surface area (Å²) >= 11 is 2.28. The topological polar surface area (TPSA) is 81.1 Å². The van der Waals surface area contributed by atoms with Crippen molar-refractivity contribution in [3.05, 3.63) is 46.3 Å². The van der Waals surface area contributed by atoms with Crippen LogP contribution in [0.3, 0.4) is 0 Å². The molecule has 124 valence electrons. The van der Waals surface area contributed by atoms with Crippen LogP contribution in [-0.4, -0.2) is 52.7 Å². The van der Waals surface area contributed by atoms with E-state index in [1.165, 1.54) is 3.57 Å². The van der Waals surface area contributed by atoms with Crippen molar-refractivity contribution >= 4 is 34.5 Å². The van der Waals surface area contributed by atoms with E-state index < -0.39 is 11.9 Å². The monoisotopic (exact) mass is 422 g/mol. The number of halogens is 1. The number of benzene rings is 1. The average molecular weight is 422 g/mol. The molecule has 0 saturated heterocycles. The van der Waals surface area contributed by atoms with Gasteiger partial charge in [0.2, 0.25) is 0 Å². The molecule has 0 amide bonds. The summed E-state index contributed by atoms with van der Waals surface area (Å²) in [5, 5.41) is 14.8. The Morgan fingerprint density at radius 3 is 1.41 bits per heavy atom. The van der Waals surface area contributed by atoms with Gasteiger partial charge < -0.3 is 20.0 Å². The molecule has 1 heterocycles. The SMILES string of the molecule is CC(=O)O.CC(=O)O.CN1C=CN(C)C1.Ic1ccccc1. The molecule has 0 saturated carbocycles. The molecule has 0 aromatic heterocycles. The molecule has 0 bridgehead atoms. The van der Waals surface area contributed by atoms with Crippen molar-refractivity contribution < 1.29 is 19.8 Å². The second kappa shape index (κ2) is 14.2. The third-order valence-electron chi connectivity index (χ3n) is 1.75. The number of carboxylic acids is 2. The van der Waals surface area contributed by atoms with Crippen LogP contribution in [0.25, 0.3) is 0 Å². The second-order valence-corrected chi connectivity index (χ2v) is 5.53. The zero-order valence-corrected chi connectivity index (χ0v) is 15.4. The molecule has 1 aromatic carbocycles. The maximum atomic E-state index is 9.00. The summed E-state index contributed by atoms with van der Waals surface area (Å²) in [6, 6.07) is 10.2. The molecule has 0 spiro atoms. The lowest BCUT2D eigenvalue weighted by Gasteiger charge is -2.10. The fourth-order valence-electron chi connectivity index (χ4n) is 1.09. The summed E-state index contributed by atoms with van der Waals surface area (Å²) < 4.78 is 1.29. The average Bonchev–Trinajstić information content (AvgIpc) is 2.73. The van der Waals surface area contributed by atoms with Crippen LogP contribution in [-0.2, 0) is 9.59 Å². The zero-order valence-electron chi connectivity index (χ0n) is 13.2. The third-order valence-corrected chi connectivity index (χ3v) is 2.47. The van der Waals surface area contributed by atoms with Gasteiger partial charge in [0.05, 0.1) is 6.67 Å². The number of aliphatic carboxylic acids is 2. The van der Waals surface area contributed by atoms with Crippen molar-refractivity contribution in [3.63, 3.8) is 0 Å². The number of hydrogen-bond acceptors (Lipinski definition) is 4. The molecule has 7 heteroatoms. The van der Waals surface area contributed by atoms with Crippen LogP contribution < -0.4 is 0 Å². The van der Waals surface area contributed by atoms with Gasteiger partial charge in [0.1, 0.15) is 0 Å². The minimum Gasteiger partial charge on any atom is -0.481 e. The Balaban J connectivity index is 0. The van der Waals surface area contributed by atoms with Crippen LogP contribution in [0.4, 0.5) is 0 Å². The third kappa shape index (κ3) is 23.3. The summed E-state index contributed by atoms with van der Waals surface area (Å²) in [7, 11) is 4.11. The van der Waals surface area contributed by atoms with Crippen molar-refractivity contribution in [3.8, 4) is 0 Å². The van der Waals surface area contributed by atoms with Crippen molar-refractivity contribution in [2.24, 2.45) is 0 Å². The Morgan fingerprint density at radius 2 is 1.27 bits per heavy atom. The van der Waals surface area contributed by atoms with Gasteiger partial charge in [0.25, 0.3) is 11.9 Å². The van der Waals surface area contributed by atoms with Crippen LogP contribution in [0.5, 0.6) is 0 Å². The van der Waals surface area contributed by atoms with E-state index in [4.69, 9.17) is 19.8 Å². The summed E-state index contributed by atoms with van der Waals surface area (Å²) in [6.07, 6.45) is 4.11. The molecule has 1 aliphatic heterocycles. The first-order valence-electron chi connectivity index (χ1n) is 6.33. The Bertz CT molecular complexity index is 422. The van der Waals surface area contributed by atoms with E-state index in [0.29, 0.717) is 0 Å². The molecule has 0 unspecified atom stereocenters. The van der Waals surface area contributed by atoms with E-state index in [1.807, 2.05) is 18.2 Å². The number of carboxylic acid groups (broad SMARTS) is 2. The maximum absolute atomic E-state index is 9.00. The van der Waals surface area contributed by atoms with Crippen LogP contribution in [0.2, 0.25) is 0 Å². The van der Waals surface area contributed by atoms with Crippen molar-refractivity contribution in [2.75, 3.05) is 20.8 Å². The van der Waals surface area contributed by atoms with E-state index >= 15 is 0 Å². The van der Waals surface area contributed by atoms with Crippen molar-refractivity contribution in [2.45, 2.75) is 13.8 Å². The highest BCUT2D eigenvalue weighted by atomic mass is 127. The standard InChI is InChI=1S/C6H5I.C5H10N2.2C2H4O2/c7-6-4-2-1-3-5-6;1-6-3-4-7(2)5-6;2*1-2(3)4/h1-5H;3-4H,5H2,1-2H3;2*1H3,(H,3,4). The van der Waals surface area contributed by atoms with Gasteiger partial charge in [0.15, 0.2) is 0 Å². The fourth-order valence-corrected chi connectivity index (χ4v) is 1.50. The van der Waals surface area contributed by atoms with Gasteiger partial charge >= 0.3 is 0 Å². The highest BCUT2D eigenvalue weighted by molar-refractivity contribution is 14.1. The predicted molar refractivity (Wildman–Crippen MR) is 95.3 cm³/mol. The fraction of sp³-hybridized carbons (Fsp3) is 0.333. The van der Waals surface area contributed by atoms with Crippen LogP contribution >= 0.6 is 22.6 Å². The molecular formula is C15H23IN2O4. The number of hydrogen-bond donors (Lipinski definition) is 2. The Labute approximate surface area is 145 Å². The van der Waals surface area contributed by atoms with Crippen LogP contribution in [0, 0.1) is 3.57 Å².